The Balaban J connectivity index is 1.77. The molecule has 2 aromatic rings. The highest BCUT2D eigenvalue weighted by molar-refractivity contribution is 5.73. The summed E-state index contributed by atoms with van der Waals surface area (Å²) in [4.78, 5) is 2.27. The fraction of sp³-hybridized carbons (Fsp3) is 0.300. The minimum absolute atomic E-state index is 0.155. The highest BCUT2D eigenvalue weighted by atomic mass is 16.5. The van der Waals surface area contributed by atoms with Gasteiger partial charge in [0.05, 0.1) is 12.7 Å². The second-order valence-electron chi connectivity index (χ2n) is 5.75. The van der Waals surface area contributed by atoms with Crippen molar-refractivity contribution in [2.75, 3.05) is 18.5 Å². The summed E-state index contributed by atoms with van der Waals surface area (Å²) in [5.74, 6) is 0. The molecule has 0 saturated heterocycles. The van der Waals surface area contributed by atoms with E-state index < -0.39 is 0 Å². The van der Waals surface area contributed by atoms with Crippen LogP contribution in [0.3, 0.4) is 0 Å². The molecular formula is C20H23NO. The van der Waals surface area contributed by atoms with Crippen LogP contribution >= 0.6 is 0 Å². The van der Waals surface area contributed by atoms with Gasteiger partial charge in [0.15, 0.2) is 0 Å². The largest absolute Gasteiger partial charge is 0.370 e. The van der Waals surface area contributed by atoms with Crippen molar-refractivity contribution < 1.29 is 4.74 Å². The van der Waals surface area contributed by atoms with E-state index in [9.17, 15) is 0 Å². The van der Waals surface area contributed by atoms with Crippen LogP contribution < -0.4 is 4.90 Å². The molecule has 1 unspecified atom stereocenters. The van der Waals surface area contributed by atoms with Crippen LogP contribution in [0.4, 0.5) is 5.69 Å². The summed E-state index contributed by atoms with van der Waals surface area (Å²) in [6.07, 6.45) is 5.56. The van der Waals surface area contributed by atoms with Gasteiger partial charge in [0.25, 0.3) is 0 Å². The first-order chi connectivity index (χ1) is 10.8. The van der Waals surface area contributed by atoms with E-state index in [1.807, 2.05) is 6.07 Å². The molecule has 0 aromatic heterocycles. The van der Waals surface area contributed by atoms with Crippen molar-refractivity contribution in [2.24, 2.45) is 0 Å². The Labute approximate surface area is 133 Å². The summed E-state index contributed by atoms with van der Waals surface area (Å²) in [5, 5.41) is 0. The number of benzene rings is 2. The predicted octanol–water partition coefficient (Wildman–Crippen LogP) is 4.82. The Morgan fingerprint density at radius 3 is 2.68 bits per heavy atom. The zero-order valence-electron chi connectivity index (χ0n) is 13.3. The second kappa shape index (κ2) is 6.80. The Morgan fingerprint density at radius 1 is 1.09 bits per heavy atom. The van der Waals surface area contributed by atoms with Crippen LogP contribution in [-0.4, -0.2) is 13.6 Å². The molecule has 114 valence electrons. The highest BCUT2D eigenvalue weighted by Crippen LogP contribution is 2.30. The topological polar surface area (TPSA) is 12.5 Å². The van der Waals surface area contributed by atoms with Crippen molar-refractivity contribution in [3.05, 3.63) is 71.3 Å². The van der Waals surface area contributed by atoms with Gasteiger partial charge in [0.1, 0.15) is 0 Å². The molecule has 0 saturated carbocycles. The lowest BCUT2D eigenvalue weighted by Gasteiger charge is -2.26. The molecule has 0 spiro atoms. The van der Waals surface area contributed by atoms with Crippen LogP contribution in [0.5, 0.6) is 0 Å². The van der Waals surface area contributed by atoms with Crippen LogP contribution in [0.2, 0.25) is 0 Å². The maximum absolute atomic E-state index is 6.21. The normalized spacial score (nSPS) is 14.7. The number of ether oxygens (including phenoxy) is 1. The van der Waals surface area contributed by atoms with Gasteiger partial charge < -0.3 is 9.64 Å². The molecule has 0 bridgehead atoms. The lowest BCUT2D eigenvalue weighted by atomic mass is 10.0. The Kier molecular flexibility index (Phi) is 4.59. The molecule has 2 aromatic carbocycles. The van der Waals surface area contributed by atoms with E-state index >= 15 is 0 Å². The van der Waals surface area contributed by atoms with Crippen LogP contribution in [0.25, 0.3) is 6.08 Å². The van der Waals surface area contributed by atoms with E-state index in [4.69, 9.17) is 4.74 Å². The Bertz CT molecular complexity index is 648. The number of anilines is 1. The summed E-state index contributed by atoms with van der Waals surface area (Å²) in [6.45, 7) is 3.79. The smallest absolute Gasteiger partial charge is 0.0826 e. The average Bonchev–Trinajstić information content (AvgIpc) is 2.57. The average molecular weight is 293 g/mol. The van der Waals surface area contributed by atoms with Crippen LogP contribution in [-0.2, 0) is 11.3 Å². The van der Waals surface area contributed by atoms with Crippen LogP contribution in [0.1, 0.15) is 36.1 Å². The predicted molar refractivity (Wildman–Crippen MR) is 93.0 cm³/mol. The van der Waals surface area contributed by atoms with E-state index in [0.29, 0.717) is 6.61 Å². The standard InChI is InChI=1S/C20H23NO/c1-3-20(16-9-5-4-6-10-16)22-15-17-11-7-13-19-18(17)12-8-14-21(19)2/h4-13,20H,3,14-15H2,1-2H3. The molecule has 1 aliphatic heterocycles. The Hall–Kier alpha value is -2.06. The summed E-state index contributed by atoms with van der Waals surface area (Å²) in [7, 11) is 2.13. The Morgan fingerprint density at radius 2 is 1.91 bits per heavy atom. The quantitative estimate of drug-likeness (QED) is 0.784. The van der Waals surface area contributed by atoms with Gasteiger partial charge >= 0.3 is 0 Å². The van der Waals surface area contributed by atoms with E-state index in [2.05, 4.69) is 73.5 Å². The fourth-order valence-corrected chi connectivity index (χ4v) is 2.99. The molecule has 1 aliphatic rings. The summed E-state index contributed by atoms with van der Waals surface area (Å²) < 4.78 is 6.21. The summed E-state index contributed by atoms with van der Waals surface area (Å²) >= 11 is 0. The van der Waals surface area contributed by atoms with Gasteiger partial charge in [-0.05, 0) is 23.6 Å². The molecular weight excluding hydrogens is 270 g/mol. The van der Waals surface area contributed by atoms with Gasteiger partial charge in [-0.2, -0.15) is 0 Å². The first-order valence-corrected chi connectivity index (χ1v) is 7.95. The third kappa shape index (κ3) is 3.07. The molecule has 22 heavy (non-hydrogen) atoms. The molecule has 2 heteroatoms. The lowest BCUT2D eigenvalue weighted by molar-refractivity contribution is 0.0371. The minimum atomic E-state index is 0.155. The molecule has 0 N–H and O–H groups in total. The van der Waals surface area contributed by atoms with E-state index in [0.717, 1.165) is 13.0 Å². The van der Waals surface area contributed by atoms with Crippen molar-refractivity contribution in [3.8, 4) is 0 Å². The molecule has 3 rings (SSSR count). The monoisotopic (exact) mass is 293 g/mol. The van der Waals surface area contributed by atoms with Crippen molar-refractivity contribution in [3.63, 3.8) is 0 Å². The fourth-order valence-electron chi connectivity index (χ4n) is 2.99. The van der Waals surface area contributed by atoms with Crippen LogP contribution in [0, 0.1) is 0 Å². The van der Waals surface area contributed by atoms with Crippen molar-refractivity contribution in [1.82, 2.24) is 0 Å². The number of hydrogen-bond donors (Lipinski definition) is 0. The zero-order chi connectivity index (χ0) is 15.4. The number of likely N-dealkylation sites (N-methyl/N-ethyl adjacent to an activating group) is 1. The second-order valence-corrected chi connectivity index (χ2v) is 5.75. The molecule has 1 heterocycles. The van der Waals surface area contributed by atoms with Gasteiger partial charge in [-0.15, -0.1) is 0 Å². The SMILES string of the molecule is CCC(OCc1cccc2c1C=CCN2C)c1ccccc1. The maximum Gasteiger partial charge on any atom is 0.0826 e. The van der Waals surface area contributed by atoms with Gasteiger partial charge in [0.2, 0.25) is 0 Å². The van der Waals surface area contributed by atoms with Crippen LogP contribution in [0.15, 0.2) is 54.6 Å². The maximum atomic E-state index is 6.21. The highest BCUT2D eigenvalue weighted by Gasteiger charge is 2.15. The molecule has 0 fully saturated rings. The van der Waals surface area contributed by atoms with Gasteiger partial charge in [0, 0.05) is 24.8 Å². The minimum Gasteiger partial charge on any atom is -0.370 e. The van der Waals surface area contributed by atoms with E-state index in [1.165, 1.54) is 22.4 Å². The van der Waals surface area contributed by atoms with Crippen molar-refractivity contribution in [2.45, 2.75) is 26.1 Å². The summed E-state index contributed by atoms with van der Waals surface area (Å²) in [5.41, 5.74) is 5.09. The van der Waals surface area contributed by atoms with Gasteiger partial charge in [-0.3, -0.25) is 0 Å². The number of fused-ring (bicyclic) bond motifs is 1. The van der Waals surface area contributed by atoms with Crippen molar-refractivity contribution in [1.29, 1.82) is 0 Å². The number of nitrogens with zero attached hydrogens (tertiary/aromatic N) is 1. The lowest BCUT2D eigenvalue weighted by Crippen LogP contribution is -2.21. The summed E-state index contributed by atoms with van der Waals surface area (Å²) in [6, 6.07) is 16.9. The van der Waals surface area contributed by atoms with Crippen molar-refractivity contribution >= 4 is 11.8 Å². The molecule has 0 amide bonds. The third-order valence-electron chi connectivity index (χ3n) is 4.23. The molecule has 0 aliphatic carbocycles. The van der Waals surface area contributed by atoms with E-state index in [1.54, 1.807) is 0 Å². The molecule has 1 atom stereocenters. The van der Waals surface area contributed by atoms with Gasteiger partial charge in [-0.25, -0.2) is 0 Å². The molecule has 0 radical (unpaired) electrons. The first-order valence-electron chi connectivity index (χ1n) is 7.95. The zero-order valence-corrected chi connectivity index (χ0v) is 13.3. The first kappa shape index (κ1) is 14.9. The number of hydrogen-bond acceptors (Lipinski definition) is 2. The van der Waals surface area contributed by atoms with E-state index in [-0.39, 0.29) is 6.10 Å². The molecule has 2 nitrogen and oxygen atoms in total. The van der Waals surface area contributed by atoms with Gasteiger partial charge in [-0.1, -0.05) is 61.5 Å². The number of rotatable bonds is 5. The third-order valence-corrected chi connectivity index (χ3v) is 4.23.